The Morgan fingerprint density at radius 2 is 1.74 bits per heavy atom. The number of rotatable bonds is 12. The smallest absolute Gasteiger partial charge is 0.242 e. The van der Waals surface area contributed by atoms with E-state index in [9.17, 15) is 18.0 Å². The lowest BCUT2D eigenvalue weighted by molar-refractivity contribution is -0.141. The van der Waals surface area contributed by atoms with Gasteiger partial charge in [-0.2, -0.15) is 0 Å². The van der Waals surface area contributed by atoms with Gasteiger partial charge in [-0.1, -0.05) is 53.9 Å². The minimum Gasteiger partial charge on any atom is -0.355 e. The first-order chi connectivity index (χ1) is 16.5. The second kappa shape index (κ2) is 13.3. The third kappa shape index (κ3) is 8.56. The number of sulfonamides is 1. The van der Waals surface area contributed by atoms with E-state index >= 15 is 0 Å². The van der Waals surface area contributed by atoms with Gasteiger partial charge in [0.1, 0.15) is 6.04 Å². The molecule has 2 rings (SSSR count). The molecule has 0 saturated heterocycles. The molecule has 2 aromatic rings. The number of amides is 2. The highest BCUT2D eigenvalue weighted by Gasteiger charge is 2.28. The first-order valence-corrected chi connectivity index (χ1v) is 14.2. The zero-order chi connectivity index (χ0) is 26.2. The van der Waals surface area contributed by atoms with Crippen LogP contribution in [-0.4, -0.2) is 50.5 Å². The van der Waals surface area contributed by atoms with Crippen LogP contribution in [0, 0.1) is 0 Å². The molecule has 1 atom stereocenters. The van der Waals surface area contributed by atoms with Crippen LogP contribution in [0.3, 0.4) is 0 Å². The Morgan fingerprint density at radius 1 is 1.03 bits per heavy atom. The van der Waals surface area contributed by atoms with Crippen LogP contribution in [0.15, 0.2) is 42.5 Å². The van der Waals surface area contributed by atoms with Gasteiger partial charge in [-0.05, 0) is 55.7 Å². The Hall–Kier alpha value is -2.00. The molecular formula is C24H30Cl3N3O4S. The molecule has 192 valence electrons. The summed E-state index contributed by atoms with van der Waals surface area (Å²) in [6.07, 6.45) is 1.82. The van der Waals surface area contributed by atoms with Crippen LogP contribution in [0.1, 0.15) is 38.7 Å². The van der Waals surface area contributed by atoms with Gasteiger partial charge in [0, 0.05) is 31.1 Å². The van der Waals surface area contributed by atoms with Crippen molar-refractivity contribution in [1.82, 2.24) is 10.2 Å². The predicted octanol–water partition coefficient (Wildman–Crippen LogP) is 5.14. The third-order valence-electron chi connectivity index (χ3n) is 5.32. The number of benzene rings is 2. The molecule has 0 aliphatic heterocycles. The summed E-state index contributed by atoms with van der Waals surface area (Å²) in [5.41, 5.74) is 1.15. The van der Waals surface area contributed by atoms with Gasteiger partial charge in [0.05, 0.1) is 22.0 Å². The van der Waals surface area contributed by atoms with Crippen molar-refractivity contribution in [3.8, 4) is 0 Å². The van der Waals surface area contributed by atoms with Gasteiger partial charge < -0.3 is 10.2 Å². The summed E-state index contributed by atoms with van der Waals surface area (Å²) in [5.74, 6) is -0.520. The predicted molar refractivity (Wildman–Crippen MR) is 143 cm³/mol. The van der Waals surface area contributed by atoms with Gasteiger partial charge in [0.15, 0.2) is 0 Å². The Bertz CT molecular complexity index is 1140. The van der Waals surface area contributed by atoms with Crippen LogP contribution >= 0.6 is 34.8 Å². The normalized spacial score (nSPS) is 12.2. The average molecular weight is 563 g/mol. The minimum atomic E-state index is -3.59. The number of nitrogens with one attached hydrogen (secondary N) is 1. The summed E-state index contributed by atoms with van der Waals surface area (Å²) in [4.78, 5) is 27.5. The van der Waals surface area contributed by atoms with Crippen molar-refractivity contribution in [2.45, 2.75) is 45.7 Å². The molecule has 11 heteroatoms. The molecule has 0 aliphatic carbocycles. The summed E-state index contributed by atoms with van der Waals surface area (Å²) >= 11 is 18.2. The highest BCUT2D eigenvalue weighted by atomic mass is 35.5. The van der Waals surface area contributed by atoms with Gasteiger partial charge in [0.25, 0.3) is 0 Å². The van der Waals surface area contributed by atoms with E-state index in [4.69, 9.17) is 34.8 Å². The second-order valence-corrected chi connectivity index (χ2v) is 11.2. The fourth-order valence-corrected chi connectivity index (χ4v) is 5.14. The van der Waals surface area contributed by atoms with Gasteiger partial charge in [-0.3, -0.25) is 13.9 Å². The summed E-state index contributed by atoms with van der Waals surface area (Å²) < 4.78 is 26.0. The quantitative estimate of drug-likeness (QED) is 0.388. The second-order valence-electron chi connectivity index (χ2n) is 8.01. The van der Waals surface area contributed by atoms with Crippen molar-refractivity contribution in [3.63, 3.8) is 0 Å². The minimum absolute atomic E-state index is 0.0454. The van der Waals surface area contributed by atoms with E-state index in [1.807, 2.05) is 13.8 Å². The summed E-state index contributed by atoms with van der Waals surface area (Å²) in [5, 5.41) is 3.94. The molecule has 0 unspecified atom stereocenters. The van der Waals surface area contributed by atoms with Crippen LogP contribution in [0.25, 0.3) is 0 Å². The van der Waals surface area contributed by atoms with E-state index in [-0.39, 0.29) is 37.7 Å². The van der Waals surface area contributed by atoms with E-state index in [0.717, 1.165) is 11.8 Å². The summed E-state index contributed by atoms with van der Waals surface area (Å²) in [6.45, 7) is 4.33. The van der Waals surface area contributed by atoms with Crippen molar-refractivity contribution in [2.24, 2.45) is 0 Å². The molecular weight excluding hydrogens is 533 g/mol. The van der Waals surface area contributed by atoms with Crippen LogP contribution in [0.5, 0.6) is 0 Å². The highest BCUT2D eigenvalue weighted by Crippen LogP contribution is 2.25. The Labute approximate surface area is 222 Å². The molecule has 0 bridgehead atoms. The van der Waals surface area contributed by atoms with Gasteiger partial charge in [0.2, 0.25) is 21.8 Å². The SMILES string of the molecule is CCNC(=O)[C@H](CC)N(Cc1ccc(Cl)c(Cl)c1)C(=O)CCCN(c1cccc(Cl)c1)S(C)(=O)=O. The first-order valence-electron chi connectivity index (χ1n) is 11.2. The van der Waals surface area contributed by atoms with Crippen molar-refractivity contribution in [2.75, 3.05) is 23.7 Å². The molecule has 0 aromatic heterocycles. The van der Waals surface area contributed by atoms with E-state index in [1.54, 1.807) is 42.5 Å². The fraction of sp³-hybridized carbons (Fsp3) is 0.417. The van der Waals surface area contributed by atoms with E-state index in [2.05, 4.69) is 5.32 Å². The summed E-state index contributed by atoms with van der Waals surface area (Å²) in [6, 6.07) is 10.9. The highest BCUT2D eigenvalue weighted by molar-refractivity contribution is 7.92. The number of carbonyl (C=O) groups is 2. The topological polar surface area (TPSA) is 86.8 Å². The van der Waals surface area contributed by atoms with E-state index in [1.165, 1.54) is 9.21 Å². The number of hydrogen-bond donors (Lipinski definition) is 1. The zero-order valence-electron chi connectivity index (χ0n) is 19.9. The lowest BCUT2D eigenvalue weighted by atomic mass is 10.1. The van der Waals surface area contributed by atoms with Gasteiger partial charge >= 0.3 is 0 Å². The maximum Gasteiger partial charge on any atom is 0.242 e. The van der Waals surface area contributed by atoms with Gasteiger partial charge in [-0.25, -0.2) is 8.42 Å². The van der Waals surface area contributed by atoms with Crippen LogP contribution in [-0.2, 0) is 26.2 Å². The molecule has 7 nitrogen and oxygen atoms in total. The zero-order valence-corrected chi connectivity index (χ0v) is 23.0. The average Bonchev–Trinajstić information content (AvgIpc) is 2.78. The maximum absolute atomic E-state index is 13.3. The lowest BCUT2D eigenvalue weighted by Gasteiger charge is -2.31. The third-order valence-corrected chi connectivity index (χ3v) is 7.49. The Kier molecular flexibility index (Phi) is 11.1. The van der Waals surface area contributed by atoms with Gasteiger partial charge in [-0.15, -0.1) is 0 Å². The molecule has 0 radical (unpaired) electrons. The number of anilines is 1. The van der Waals surface area contributed by atoms with Crippen LogP contribution in [0.4, 0.5) is 5.69 Å². The van der Waals surface area contributed by atoms with Crippen molar-refractivity contribution < 1.29 is 18.0 Å². The standard InChI is InChI=1S/C24H30Cl3N3O4S/c1-4-22(24(32)28-5-2)29(16-17-11-12-20(26)21(27)14-17)23(31)10-7-13-30(35(3,33)34)19-9-6-8-18(25)15-19/h6,8-9,11-12,14-15,22H,4-5,7,10,13,16H2,1-3H3,(H,28,32)/t22-/m0/s1. The molecule has 0 saturated carbocycles. The molecule has 0 spiro atoms. The number of halogens is 3. The number of hydrogen-bond acceptors (Lipinski definition) is 4. The van der Waals surface area contributed by atoms with Crippen LogP contribution in [0.2, 0.25) is 15.1 Å². The molecule has 0 fully saturated rings. The number of likely N-dealkylation sites (N-methyl/N-ethyl adjacent to an activating group) is 1. The Balaban J connectivity index is 2.22. The van der Waals surface area contributed by atoms with E-state index in [0.29, 0.717) is 33.7 Å². The van der Waals surface area contributed by atoms with Crippen molar-refractivity contribution >= 4 is 62.3 Å². The van der Waals surface area contributed by atoms with Crippen molar-refractivity contribution in [1.29, 1.82) is 0 Å². The van der Waals surface area contributed by atoms with E-state index < -0.39 is 16.1 Å². The Morgan fingerprint density at radius 3 is 2.31 bits per heavy atom. The first kappa shape index (κ1) is 29.2. The fourth-order valence-electron chi connectivity index (χ4n) is 3.68. The molecule has 0 heterocycles. The van der Waals surface area contributed by atoms with Crippen LogP contribution < -0.4 is 9.62 Å². The maximum atomic E-state index is 13.3. The number of nitrogens with zero attached hydrogens (tertiary/aromatic N) is 2. The largest absolute Gasteiger partial charge is 0.355 e. The molecule has 1 N–H and O–H groups in total. The summed E-state index contributed by atoms with van der Waals surface area (Å²) in [7, 11) is -3.59. The molecule has 0 aliphatic rings. The molecule has 2 amide bonds. The lowest BCUT2D eigenvalue weighted by Crippen LogP contribution is -2.49. The van der Waals surface area contributed by atoms with Crippen molar-refractivity contribution in [3.05, 3.63) is 63.1 Å². The molecule has 2 aromatic carbocycles. The molecule has 35 heavy (non-hydrogen) atoms. The number of carbonyl (C=O) groups excluding carboxylic acids is 2. The monoisotopic (exact) mass is 561 g/mol.